The summed E-state index contributed by atoms with van der Waals surface area (Å²) in [6, 6.07) is 7.30. The van der Waals surface area contributed by atoms with Crippen LogP contribution in [0.5, 0.6) is 0 Å². The Balaban J connectivity index is 2.01. The van der Waals surface area contributed by atoms with Crippen LogP contribution >= 0.6 is 11.8 Å². The van der Waals surface area contributed by atoms with Crippen molar-refractivity contribution >= 4 is 17.7 Å². The quantitative estimate of drug-likeness (QED) is 0.865. The van der Waals surface area contributed by atoms with E-state index in [4.69, 9.17) is 0 Å². The highest BCUT2D eigenvalue weighted by atomic mass is 32.2. The fraction of sp³-hybridized carbons (Fsp3) is 0.611. The molecule has 1 amide bonds. The summed E-state index contributed by atoms with van der Waals surface area (Å²) in [5.41, 5.74) is 0.759. The molecule has 1 aliphatic rings. The second-order valence-corrected chi connectivity index (χ2v) is 7.53. The first-order chi connectivity index (χ1) is 11.0. The molecule has 5 heteroatoms. The molecule has 1 saturated carbocycles. The predicted molar refractivity (Wildman–Crippen MR) is 95.3 cm³/mol. The lowest BCUT2D eigenvalue weighted by molar-refractivity contribution is -0.119. The molecule has 0 radical (unpaired) electrons. The van der Waals surface area contributed by atoms with Crippen LogP contribution in [0.2, 0.25) is 0 Å². The van der Waals surface area contributed by atoms with Gasteiger partial charge in [0.15, 0.2) is 0 Å². The lowest BCUT2D eigenvalue weighted by Crippen LogP contribution is -2.52. The first-order valence-corrected chi connectivity index (χ1v) is 9.55. The molecule has 3 nitrogen and oxygen atoms in total. The molecule has 0 heterocycles. The Morgan fingerprint density at radius 1 is 1.35 bits per heavy atom. The normalized spacial score (nSPS) is 24.7. The average molecular weight is 338 g/mol. The van der Waals surface area contributed by atoms with Gasteiger partial charge in [-0.1, -0.05) is 18.2 Å². The maximum atomic E-state index is 14.0. The van der Waals surface area contributed by atoms with Crippen LogP contribution in [0.15, 0.2) is 24.3 Å². The zero-order chi connectivity index (χ0) is 16.9. The van der Waals surface area contributed by atoms with Gasteiger partial charge in [-0.15, -0.1) is 0 Å². The summed E-state index contributed by atoms with van der Waals surface area (Å²) in [6.45, 7) is 0. The molecule has 2 rings (SSSR count). The smallest absolute Gasteiger partial charge is 0.230 e. The van der Waals surface area contributed by atoms with E-state index in [0.717, 1.165) is 37.7 Å². The van der Waals surface area contributed by atoms with Crippen molar-refractivity contribution in [2.24, 2.45) is 0 Å². The van der Waals surface area contributed by atoms with Crippen molar-refractivity contribution in [3.8, 4) is 0 Å². The van der Waals surface area contributed by atoms with E-state index in [1.54, 1.807) is 17.8 Å². The number of benzene rings is 1. The second-order valence-electron chi connectivity index (χ2n) is 6.66. The van der Waals surface area contributed by atoms with E-state index in [2.05, 4.69) is 24.3 Å². The lowest BCUT2D eigenvalue weighted by atomic mass is 9.74. The Bertz CT molecular complexity index is 528. The number of amides is 1. The Kier molecular flexibility index (Phi) is 6.48. The molecule has 0 bridgehead atoms. The van der Waals surface area contributed by atoms with Gasteiger partial charge in [-0.2, -0.15) is 11.8 Å². The summed E-state index contributed by atoms with van der Waals surface area (Å²) in [7, 11) is 4.15. The van der Waals surface area contributed by atoms with Crippen molar-refractivity contribution < 1.29 is 9.18 Å². The Morgan fingerprint density at radius 2 is 2.00 bits per heavy atom. The van der Waals surface area contributed by atoms with Crippen molar-refractivity contribution in [2.75, 3.05) is 26.1 Å². The molecule has 0 atom stereocenters. The number of hydrogen-bond donors (Lipinski definition) is 1. The summed E-state index contributed by atoms with van der Waals surface area (Å²) in [5.74, 6) is 0.517. The molecule has 1 aromatic rings. The standard InChI is InChI=1S/C18H27FN2OS/c1-21(2)18(12-14-6-4-5-7-16(14)19)10-8-15(9-11-18)20-17(22)13-23-3/h4-7,15H,8-13H2,1-3H3,(H,20,22). The molecule has 1 aliphatic carbocycles. The van der Waals surface area contributed by atoms with Crippen LogP contribution in [0.25, 0.3) is 0 Å². The molecule has 0 aliphatic heterocycles. The summed E-state index contributed by atoms with van der Waals surface area (Å²) < 4.78 is 14.0. The molecule has 1 fully saturated rings. The number of carbonyl (C=O) groups is 1. The number of nitrogens with one attached hydrogen (secondary N) is 1. The van der Waals surface area contributed by atoms with Crippen molar-refractivity contribution in [1.29, 1.82) is 0 Å². The van der Waals surface area contributed by atoms with Crippen molar-refractivity contribution in [3.05, 3.63) is 35.6 Å². The molecule has 0 saturated heterocycles. The van der Waals surface area contributed by atoms with Gasteiger partial charge in [0.25, 0.3) is 0 Å². The van der Waals surface area contributed by atoms with E-state index in [0.29, 0.717) is 5.75 Å². The predicted octanol–water partition coefficient (Wildman–Crippen LogP) is 3.09. The van der Waals surface area contributed by atoms with Gasteiger partial charge in [0.2, 0.25) is 5.91 Å². The third-order valence-electron chi connectivity index (χ3n) is 4.98. The van der Waals surface area contributed by atoms with E-state index in [-0.39, 0.29) is 23.3 Å². The summed E-state index contributed by atoms with van der Waals surface area (Å²) in [6.07, 6.45) is 6.50. The molecular formula is C18H27FN2OS. The minimum absolute atomic E-state index is 0.0249. The largest absolute Gasteiger partial charge is 0.353 e. The zero-order valence-corrected chi connectivity index (χ0v) is 15.1. The first kappa shape index (κ1) is 18.3. The van der Waals surface area contributed by atoms with Crippen LogP contribution in [0.3, 0.4) is 0 Å². The minimum atomic E-state index is -0.121. The highest BCUT2D eigenvalue weighted by molar-refractivity contribution is 7.99. The third-order valence-corrected chi connectivity index (χ3v) is 5.53. The van der Waals surface area contributed by atoms with Gasteiger partial charge in [0.05, 0.1) is 5.75 Å². The van der Waals surface area contributed by atoms with Gasteiger partial charge >= 0.3 is 0 Å². The molecule has 0 aromatic heterocycles. The van der Waals surface area contributed by atoms with E-state index in [9.17, 15) is 9.18 Å². The number of nitrogens with zero attached hydrogens (tertiary/aromatic N) is 1. The molecule has 0 unspecified atom stereocenters. The number of thioether (sulfide) groups is 1. The van der Waals surface area contributed by atoms with Crippen LogP contribution in [0.1, 0.15) is 31.2 Å². The van der Waals surface area contributed by atoms with Gasteiger partial charge in [0.1, 0.15) is 5.82 Å². The van der Waals surface area contributed by atoms with Crippen LogP contribution in [0.4, 0.5) is 4.39 Å². The highest BCUT2D eigenvalue weighted by Gasteiger charge is 2.38. The highest BCUT2D eigenvalue weighted by Crippen LogP contribution is 2.36. The molecule has 1 N–H and O–H groups in total. The SMILES string of the molecule is CSCC(=O)NC1CCC(Cc2ccccc2F)(N(C)C)CC1. The van der Waals surface area contributed by atoms with Crippen LogP contribution in [-0.4, -0.2) is 48.5 Å². The molecular weight excluding hydrogens is 311 g/mol. The summed E-state index contributed by atoms with van der Waals surface area (Å²) >= 11 is 1.54. The van der Waals surface area contributed by atoms with Gasteiger partial charge < -0.3 is 10.2 Å². The molecule has 1 aromatic carbocycles. The first-order valence-electron chi connectivity index (χ1n) is 8.16. The van der Waals surface area contributed by atoms with Crippen molar-refractivity contribution in [1.82, 2.24) is 10.2 Å². The number of hydrogen-bond acceptors (Lipinski definition) is 3. The summed E-state index contributed by atoms with van der Waals surface area (Å²) in [4.78, 5) is 14.0. The van der Waals surface area contributed by atoms with Crippen molar-refractivity contribution in [2.45, 2.75) is 43.7 Å². The van der Waals surface area contributed by atoms with Crippen molar-refractivity contribution in [3.63, 3.8) is 0 Å². The van der Waals surface area contributed by atoms with E-state index < -0.39 is 0 Å². The van der Waals surface area contributed by atoms with Gasteiger partial charge in [-0.25, -0.2) is 4.39 Å². The third kappa shape index (κ3) is 4.70. The molecule has 128 valence electrons. The zero-order valence-electron chi connectivity index (χ0n) is 14.3. The maximum absolute atomic E-state index is 14.0. The average Bonchev–Trinajstić information content (AvgIpc) is 2.51. The van der Waals surface area contributed by atoms with E-state index >= 15 is 0 Å². The fourth-order valence-corrected chi connectivity index (χ4v) is 3.82. The van der Waals surface area contributed by atoms with Crippen LogP contribution in [-0.2, 0) is 11.2 Å². The number of halogens is 1. The second kappa shape index (κ2) is 8.15. The number of carbonyl (C=O) groups excluding carboxylic acids is 1. The Labute approximate surface area is 143 Å². The fourth-order valence-electron chi connectivity index (χ4n) is 3.48. The van der Waals surface area contributed by atoms with Crippen LogP contribution in [0, 0.1) is 5.82 Å². The van der Waals surface area contributed by atoms with E-state index in [1.807, 2.05) is 18.4 Å². The van der Waals surface area contributed by atoms with Gasteiger partial charge in [-0.3, -0.25) is 4.79 Å². The maximum Gasteiger partial charge on any atom is 0.230 e. The monoisotopic (exact) mass is 338 g/mol. The van der Waals surface area contributed by atoms with Gasteiger partial charge in [-0.05, 0) is 64.1 Å². The number of likely N-dealkylation sites (N-methyl/N-ethyl adjacent to an activating group) is 1. The molecule has 23 heavy (non-hydrogen) atoms. The van der Waals surface area contributed by atoms with Gasteiger partial charge in [0, 0.05) is 11.6 Å². The summed E-state index contributed by atoms with van der Waals surface area (Å²) in [5, 5.41) is 3.12. The molecule has 0 spiro atoms. The Hall–Kier alpha value is -1.07. The van der Waals surface area contributed by atoms with E-state index in [1.165, 1.54) is 6.07 Å². The lowest BCUT2D eigenvalue weighted by Gasteiger charge is -2.45. The number of rotatable bonds is 6. The minimum Gasteiger partial charge on any atom is -0.353 e. The topological polar surface area (TPSA) is 32.3 Å². The Morgan fingerprint density at radius 3 is 2.57 bits per heavy atom. The van der Waals surface area contributed by atoms with Crippen LogP contribution < -0.4 is 5.32 Å².